The molecule has 0 saturated carbocycles. The van der Waals surface area contributed by atoms with Crippen LogP contribution in [-0.4, -0.2) is 6.18 Å². The first-order chi connectivity index (χ1) is 14.6. The number of hydrogen-bond donors (Lipinski definition) is 0. The number of rotatable bonds is 5. The fourth-order valence-electron chi connectivity index (χ4n) is 3.25. The van der Waals surface area contributed by atoms with Gasteiger partial charge in [-0.05, 0) is 46.9 Å². The van der Waals surface area contributed by atoms with Gasteiger partial charge in [-0.3, -0.25) is 0 Å². The van der Waals surface area contributed by atoms with E-state index in [2.05, 4.69) is 6.92 Å². The van der Waals surface area contributed by atoms with Crippen molar-refractivity contribution >= 4 is 5.83 Å². The van der Waals surface area contributed by atoms with Crippen LogP contribution in [0.3, 0.4) is 0 Å². The van der Waals surface area contributed by atoms with Gasteiger partial charge < -0.3 is 0 Å². The standard InChI is InChI=1S/C24H17F7/c1-2-3-14-4-6-15(7-5-14)16-8-9-18(19(25)10-16)17-11-20(26)23(21(27)12-17)22(28)13-24(29,30)31/h4-13H,2-3H2,1H3. The second kappa shape index (κ2) is 8.96. The SMILES string of the molecule is CCCc1ccc(-c2ccc(-c3cc(F)c(C(F)=CC(F)(F)F)c(F)c3)c(F)c2)cc1. The Morgan fingerprint density at radius 2 is 1.32 bits per heavy atom. The highest BCUT2D eigenvalue weighted by atomic mass is 19.4. The molecule has 0 atom stereocenters. The highest BCUT2D eigenvalue weighted by Crippen LogP contribution is 2.34. The van der Waals surface area contributed by atoms with E-state index in [1.807, 2.05) is 24.3 Å². The fraction of sp³-hybridized carbons (Fsp3) is 0.167. The lowest BCUT2D eigenvalue weighted by molar-refractivity contribution is -0.0798. The van der Waals surface area contributed by atoms with Crippen molar-refractivity contribution in [2.75, 3.05) is 0 Å². The lowest BCUT2D eigenvalue weighted by Crippen LogP contribution is -2.04. The van der Waals surface area contributed by atoms with Crippen molar-refractivity contribution in [3.05, 3.63) is 89.3 Å². The van der Waals surface area contributed by atoms with Crippen LogP contribution in [0.4, 0.5) is 30.7 Å². The minimum Gasteiger partial charge on any atom is -0.206 e. The third-order valence-electron chi connectivity index (χ3n) is 4.68. The summed E-state index contributed by atoms with van der Waals surface area (Å²) in [7, 11) is 0. The maximum atomic E-state index is 14.7. The third kappa shape index (κ3) is 5.34. The van der Waals surface area contributed by atoms with Crippen LogP contribution in [0.2, 0.25) is 0 Å². The second-order valence-corrected chi connectivity index (χ2v) is 6.99. The molecule has 0 aliphatic rings. The third-order valence-corrected chi connectivity index (χ3v) is 4.68. The van der Waals surface area contributed by atoms with Gasteiger partial charge in [-0.25, -0.2) is 17.6 Å². The van der Waals surface area contributed by atoms with Crippen molar-refractivity contribution in [2.45, 2.75) is 25.9 Å². The molecule has 0 heterocycles. The van der Waals surface area contributed by atoms with E-state index in [9.17, 15) is 30.7 Å². The highest BCUT2D eigenvalue weighted by molar-refractivity contribution is 5.73. The quantitative estimate of drug-likeness (QED) is 0.352. The summed E-state index contributed by atoms with van der Waals surface area (Å²) < 4.78 is 93.6. The summed E-state index contributed by atoms with van der Waals surface area (Å²) in [6.07, 6.45) is -4.02. The second-order valence-electron chi connectivity index (χ2n) is 6.99. The Bertz CT molecular complexity index is 1090. The molecular formula is C24H17F7. The molecule has 0 radical (unpaired) electrons. The highest BCUT2D eigenvalue weighted by Gasteiger charge is 2.28. The summed E-state index contributed by atoms with van der Waals surface area (Å²) in [5.41, 5.74) is 0.543. The van der Waals surface area contributed by atoms with Crippen molar-refractivity contribution in [3.8, 4) is 22.3 Å². The Hall–Kier alpha value is -3.09. The summed E-state index contributed by atoms with van der Waals surface area (Å²) in [6.45, 7) is 2.06. The van der Waals surface area contributed by atoms with Crippen molar-refractivity contribution in [3.63, 3.8) is 0 Å². The molecule has 3 aromatic carbocycles. The van der Waals surface area contributed by atoms with Gasteiger partial charge in [-0.15, -0.1) is 0 Å². The molecule has 3 rings (SSSR count). The first kappa shape index (κ1) is 22.6. The monoisotopic (exact) mass is 438 g/mol. The maximum Gasteiger partial charge on any atom is 0.412 e. The van der Waals surface area contributed by atoms with Gasteiger partial charge in [0.2, 0.25) is 0 Å². The van der Waals surface area contributed by atoms with Gasteiger partial charge in [0, 0.05) is 5.56 Å². The number of alkyl halides is 3. The Morgan fingerprint density at radius 3 is 1.84 bits per heavy atom. The van der Waals surface area contributed by atoms with E-state index in [0.29, 0.717) is 17.7 Å². The molecule has 162 valence electrons. The summed E-state index contributed by atoms with van der Waals surface area (Å²) in [5, 5.41) is 0. The minimum atomic E-state index is -5.09. The smallest absolute Gasteiger partial charge is 0.206 e. The van der Waals surface area contributed by atoms with Crippen molar-refractivity contribution in [1.82, 2.24) is 0 Å². The molecular weight excluding hydrogens is 421 g/mol. The molecule has 0 aliphatic carbocycles. The van der Waals surface area contributed by atoms with Crippen LogP contribution >= 0.6 is 0 Å². The molecule has 0 aromatic heterocycles. The number of allylic oxidation sites excluding steroid dienone is 1. The van der Waals surface area contributed by atoms with Gasteiger partial charge in [0.1, 0.15) is 23.3 Å². The fourth-order valence-corrected chi connectivity index (χ4v) is 3.25. The number of halogens is 7. The zero-order valence-corrected chi connectivity index (χ0v) is 16.3. The summed E-state index contributed by atoms with van der Waals surface area (Å²) in [6, 6.07) is 12.8. The molecule has 0 fully saturated rings. The molecule has 0 spiro atoms. The minimum absolute atomic E-state index is 0.170. The van der Waals surface area contributed by atoms with Gasteiger partial charge in [-0.2, -0.15) is 13.2 Å². The van der Waals surface area contributed by atoms with Crippen LogP contribution in [0, 0.1) is 17.5 Å². The topological polar surface area (TPSA) is 0 Å². The summed E-state index contributed by atoms with van der Waals surface area (Å²) in [5.74, 6) is -6.02. The van der Waals surface area contributed by atoms with Crippen LogP contribution in [0.1, 0.15) is 24.5 Å². The predicted octanol–water partition coefficient (Wildman–Crippen LogP) is 8.26. The largest absolute Gasteiger partial charge is 0.412 e. The first-order valence-electron chi connectivity index (χ1n) is 9.42. The van der Waals surface area contributed by atoms with Gasteiger partial charge in [0.15, 0.2) is 0 Å². The molecule has 0 nitrogen and oxygen atoms in total. The number of benzene rings is 3. The molecule has 0 amide bonds. The number of aryl methyl sites for hydroxylation is 1. The lowest BCUT2D eigenvalue weighted by atomic mass is 9.97. The molecule has 0 unspecified atom stereocenters. The first-order valence-corrected chi connectivity index (χ1v) is 9.42. The molecule has 0 saturated heterocycles. The molecule has 31 heavy (non-hydrogen) atoms. The van der Waals surface area contributed by atoms with E-state index in [1.165, 1.54) is 12.1 Å². The van der Waals surface area contributed by atoms with E-state index < -0.39 is 41.1 Å². The van der Waals surface area contributed by atoms with Crippen molar-refractivity contribution < 1.29 is 30.7 Å². The van der Waals surface area contributed by atoms with E-state index in [0.717, 1.165) is 24.0 Å². The summed E-state index contributed by atoms with van der Waals surface area (Å²) >= 11 is 0. The van der Waals surface area contributed by atoms with Gasteiger partial charge in [0.25, 0.3) is 0 Å². The van der Waals surface area contributed by atoms with Crippen LogP contribution in [0.15, 0.2) is 60.7 Å². The van der Waals surface area contributed by atoms with Crippen LogP contribution in [0.5, 0.6) is 0 Å². The zero-order valence-electron chi connectivity index (χ0n) is 16.3. The van der Waals surface area contributed by atoms with Gasteiger partial charge in [0.05, 0.1) is 11.6 Å². The van der Waals surface area contributed by atoms with Crippen LogP contribution < -0.4 is 0 Å². The lowest BCUT2D eigenvalue weighted by Gasteiger charge is -2.10. The van der Waals surface area contributed by atoms with Crippen molar-refractivity contribution in [1.29, 1.82) is 0 Å². The van der Waals surface area contributed by atoms with Gasteiger partial charge >= 0.3 is 6.18 Å². The van der Waals surface area contributed by atoms with E-state index in [-0.39, 0.29) is 11.1 Å². The maximum absolute atomic E-state index is 14.7. The van der Waals surface area contributed by atoms with Crippen LogP contribution in [-0.2, 0) is 6.42 Å². The predicted molar refractivity (Wildman–Crippen MR) is 106 cm³/mol. The molecule has 0 aliphatic heterocycles. The van der Waals surface area contributed by atoms with E-state index >= 15 is 0 Å². The average molecular weight is 438 g/mol. The number of hydrogen-bond acceptors (Lipinski definition) is 0. The van der Waals surface area contributed by atoms with Crippen molar-refractivity contribution in [2.24, 2.45) is 0 Å². The van der Waals surface area contributed by atoms with Crippen LogP contribution in [0.25, 0.3) is 28.1 Å². The average Bonchev–Trinajstić information content (AvgIpc) is 2.66. The zero-order chi connectivity index (χ0) is 22.8. The van der Waals surface area contributed by atoms with Gasteiger partial charge in [-0.1, -0.05) is 49.7 Å². The summed E-state index contributed by atoms with van der Waals surface area (Å²) in [4.78, 5) is 0. The molecule has 0 bridgehead atoms. The Morgan fingerprint density at radius 1 is 0.774 bits per heavy atom. The Labute approximate surface area is 174 Å². The molecule has 0 N–H and O–H groups in total. The van der Waals surface area contributed by atoms with E-state index in [1.54, 1.807) is 6.07 Å². The molecule has 3 aromatic rings. The normalized spacial score (nSPS) is 12.3. The Balaban J connectivity index is 1.96. The van der Waals surface area contributed by atoms with E-state index in [4.69, 9.17) is 0 Å². The molecule has 7 heteroatoms. The Kier molecular flexibility index (Phi) is 6.53.